The SMILES string of the molecule is CC1=CCC(C2(CCO)CO2)CC1. The summed E-state index contributed by atoms with van der Waals surface area (Å²) in [5.74, 6) is 0.656. The lowest BCUT2D eigenvalue weighted by Gasteiger charge is -2.26. The van der Waals surface area contributed by atoms with Crippen molar-refractivity contribution in [3.8, 4) is 0 Å². The average molecular weight is 182 g/mol. The lowest BCUT2D eigenvalue weighted by molar-refractivity contribution is 0.153. The second-order valence-corrected chi connectivity index (χ2v) is 4.35. The monoisotopic (exact) mass is 182 g/mol. The van der Waals surface area contributed by atoms with Gasteiger partial charge in [0.15, 0.2) is 0 Å². The highest BCUT2D eigenvalue weighted by Crippen LogP contribution is 2.44. The van der Waals surface area contributed by atoms with Gasteiger partial charge >= 0.3 is 0 Å². The maximum Gasteiger partial charge on any atom is 0.0969 e. The summed E-state index contributed by atoms with van der Waals surface area (Å²) in [4.78, 5) is 0. The summed E-state index contributed by atoms with van der Waals surface area (Å²) in [6.45, 7) is 3.33. The van der Waals surface area contributed by atoms with Crippen molar-refractivity contribution in [2.24, 2.45) is 5.92 Å². The molecule has 0 amide bonds. The molecule has 0 spiro atoms. The van der Waals surface area contributed by atoms with Crippen LogP contribution in [0.15, 0.2) is 11.6 Å². The molecule has 0 aromatic rings. The summed E-state index contributed by atoms with van der Waals surface area (Å²) in [5, 5.41) is 8.93. The van der Waals surface area contributed by atoms with E-state index in [0.29, 0.717) is 5.92 Å². The number of aliphatic hydroxyl groups is 1. The molecule has 2 atom stereocenters. The fraction of sp³-hybridized carbons (Fsp3) is 0.818. The van der Waals surface area contributed by atoms with E-state index in [0.717, 1.165) is 19.4 Å². The highest BCUT2D eigenvalue weighted by Gasteiger charge is 2.50. The molecule has 0 radical (unpaired) electrons. The van der Waals surface area contributed by atoms with Crippen molar-refractivity contribution < 1.29 is 9.84 Å². The Bertz CT molecular complexity index is 216. The van der Waals surface area contributed by atoms with Crippen molar-refractivity contribution >= 4 is 0 Å². The van der Waals surface area contributed by atoms with Crippen LogP contribution in [0.1, 0.15) is 32.6 Å². The summed E-state index contributed by atoms with van der Waals surface area (Å²) >= 11 is 0. The standard InChI is InChI=1S/C11H18O2/c1-9-2-4-10(5-3-9)11(6-7-12)8-13-11/h2,10,12H,3-8H2,1H3. The minimum Gasteiger partial charge on any atom is -0.396 e. The molecular formula is C11H18O2. The minimum absolute atomic E-state index is 0.0615. The highest BCUT2D eigenvalue weighted by atomic mass is 16.6. The molecule has 1 aliphatic carbocycles. The van der Waals surface area contributed by atoms with Crippen LogP contribution < -0.4 is 0 Å². The Morgan fingerprint density at radius 2 is 2.46 bits per heavy atom. The third-order valence-corrected chi connectivity index (χ3v) is 3.43. The first-order valence-corrected chi connectivity index (χ1v) is 5.17. The van der Waals surface area contributed by atoms with Crippen LogP contribution in [0.5, 0.6) is 0 Å². The van der Waals surface area contributed by atoms with Gasteiger partial charge in [-0.2, -0.15) is 0 Å². The van der Waals surface area contributed by atoms with Gasteiger partial charge in [0, 0.05) is 13.0 Å². The maximum absolute atomic E-state index is 8.93. The van der Waals surface area contributed by atoms with Gasteiger partial charge in [-0.25, -0.2) is 0 Å². The van der Waals surface area contributed by atoms with Gasteiger partial charge in [0.05, 0.1) is 12.2 Å². The quantitative estimate of drug-likeness (QED) is 0.534. The van der Waals surface area contributed by atoms with Crippen LogP contribution >= 0.6 is 0 Å². The van der Waals surface area contributed by atoms with E-state index >= 15 is 0 Å². The number of aliphatic hydroxyl groups excluding tert-OH is 1. The normalized spacial score (nSPS) is 38.6. The molecule has 13 heavy (non-hydrogen) atoms. The van der Waals surface area contributed by atoms with Gasteiger partial charge in [0.2, 0.25) is 0 Å². The van der Waals surface area contributed by atoms with Crippen LogP contribution in [0, 0.1) is 5.92 Å². The van der Waals surface area contributed by atoms with E-state index in [9.17, 15) is 0 Å². The molecule has 74 valence electrons. The lowest BCUT2D eigenvalue weighted by Crippen LogP contribution is -2.27. The van der Waals surface area contributed by atoms with Crippen molar-refractivity contribution in [2.75, 3.05) is 13.2 Å². The van der Waals surface area contributed by atoms with Crippen LogP contribution in [-0.4, -0.2) is 23.9 Å². The average Bonchev–Trinajstić information content (AvgIpc) is 2.87. The van der Waals surface area contributed by atoms with E-state index in [2.05, 4.69) is 13.0 Å². The van der Waals surface area contributed by atoms with Crippen molar-refractivity contribution in [3.05, 3.63) is 11.6 Å². The predicted octanol–water partition coefficient (Wildman–Crippen LogP) is 1.88. The minimum atomic E-state index is 0.0615. The van der Waals surface area contributed by atoms with Gasteiger partial charge in [-0.15, -0.1) is 0 Å². The smallest absolute Gasteiger partial charge is 0.0969 e. The van der Waals surface area contributed by atoms with Crippen molar-refractivity contribution in [1.29, 1.82) is 0 Å². The van der Waals surface area contributed by atoms with Crippen LogP contribution in [0.3, 0.4) is 0 Å². The van der Waals surface area contributed by atoms with E-state index < -0.39 is 0 Å². The van der Waals surface area contributed by atoms with Gasteiger partial charge in [-0.3, -0.25) is 0 Å². The third-order valence-electron chi connectivity index (χ3n) is 3.43. The molecule has 2 unspecified atom stereocenters. The second kappa shape index (κ2) is 3.43. The predicted molar refractivity (Wildman–Crippen MR) is 51.5 cm³/mol. The molecule has 1 fully saturated rings. The fourth-order valence-corrected chi connectivity index (χ4v) is 2.31. The molecule has 2 rings (SSSR count). The van der Waals surface area contributed by atoms with Gasteiger partial charge in [0.1, 0.15) is 0 Å². The molecule has 0 aromatic carbocycles. The topological polar surface area (TPSA) is 32.8 Å². The summed E-state index contributed by atoms with van der Waals surface area (Å²) in [5.41, 5.74) is 1.57. The first kappa shape index (κ1) is 9.22. The van der Waals surface area contributed by atoms with Crippen molar-refractivity contribution in [2.45, 2.75) is 38.2 Å². The first-order valence-electron chi connectivity index (χ1n) is 5.17. The molecule has 1 aliphatic heterocycles. The first-order chi connectivity index (χ1) is 6.27. The zero-order chi connectivity index (χ0) is 9.31. The van der Waals surface area contributed by atoms with E-state index in [1.807, 2.05) is 0 Å². The Labute approximate surface area is 79.6 Å². The Morgan fingerprint density at radius 1 is 1.69 bits per heavy atom. The maximum atomic E-state index is 8.93. The molecule has 1 N–H and O–H groups in total. The molecule has 2 nitrogen and oxygen atoms in total. The highest BCUT2D eigenvalue weighted by molar-refractivity contribution is 5.09. The number of rotatable bonds is 3. The van der Waals surface area contributed by atoms with Crippen LogP contribution in [-0.2, 0) is 4.74 Å². The number of hydrogen-bond donors (Lipinski definition) is 1. The molecule has 0 saturated carbocycles. The second-order valence-electron chi connectivity index (χ2n) is 4.35. The molecule has 1 heterocycles. The number of epoxide rings is 1. The zero-order valence-electron chi connectivity index (χ0n) is 8.25. The van der Waals surface area contributed by atoms with Gasteiger partial charge in [0.25, 0.3) is 0 Å². The summed E-state index contributed by atoms with van der Waals surface area (Å²) in [7, 11) is 0. The largest absolute Gasteiger partial charge is 0.396 e. The Hall–Kier alpha value is -0.340. The summed E-state index contributed by atoms with van der Waals surface area (Å²) < 4.78 is 5.52. The third kappa shape index (κ3) is 1.79. The van der Waals surface area contributed by atoms with Crippen molar-refractivity contribution in [3.63, 3.8) is 0 Å². The van der Waals surface area contributed by atoms with Crippen molar-refractivity contribution in [1.82, 2.24) is 0 Å². The molecule has 2 heteroatoms. The van der Waals surface area contributed by atoms with Crippen LogP contribution in [0.4, 0.5) is 0 Å². The summed E-state index contributed by atoms with van der Waals surface area (Å²) in [6, 6.07) is 0. The van der Waals surface area contributed by atoms with Crippen LogP contribution in [0.25, 0.3) is 0 Å². The number of allylic oxidation sites excluding steroid dienone is 2. The molecule has 2 aliphatic rings. The Morgan fingerprint density at radius 3 is 2.92 bits per heavy atom. The molecule has 0 bridgehead atoms. The Balaban J connectivity index is 1.95. The van der Waals surface area contributed by atoms with E-state index in [4.69, 9.17) is 9.84 Å². The summed E-state index contributed by atoms with van der Waals surface area (Å²) in [6.07, 6.45) is 6.74. The molecule has 0 aromatic heterocycles. The van der Waals surface area contributed by atoms with Crippen LogP contribution in [0.2, 0.25) is 0 Å². The van der Waals surface area contributed by atoms with E-state index in [-0.39, 0.29) is 12.2 Å². The number of ether oxygens (including phenoxy) is 1. The zero-order valence-corrected chi connectivity index (χ0v) is 8.25. The van der Waals surface area contributed by atoms with E-state index in [1.54, 1.807) is 0 Å². The number of hydrogen-bond acceptors (Lipinski definition) is 2. The fourth-order valence-electron chi connectivity index (χ4n) is 2.31. The van der Waals surface area contributed by atoms with Gasteiger partial charge in [-0.1, -0.05) is 11.6 Å². The van der Waals surface area contributed by atoms with Gasteiger partial charge in [-0.05, 0) is 32.1 Å². The molecular weight excluding hydrogens is 164 g/mol. The molecule has 1 saturated heterocycles. The Kier molecular flexibility index (Phi) is 2.43. The van der Waals surface area contributed by atoms with Gasteiger partial charge < -0.3 is 9.84 Å². The lowest BCUT2D eigenvalue weighted by atomic mass is 9.79. The van der Waals surface area contributed by atoms with E-state index in [1.165, 1.54) is 18.4 Å².